The van der Waals surface area contributed by atoms with Gasteiger partial charge >= 0.3 is 24.1 Å². The SMILES string of the molecule is CC(C)(C)OC(=O)CCO[C@H]1[C@H](OCCC(=O)OC(C)(C)C)[C@@H](COC(=O)Oc2ccc([N+](=O)[O-])cc2)OC[C@@H]1OCCC(=O)OC(C)(C)C. The van der Waals surface area contributed by atoms with Gasteiger partial charge in [-0.2, -0.15) is 0 Å². The van der Waals surface area contributed by atoms with Gasteiger partial charge in [-0.15, -0.1) is 0 Å². The van der Waals surface area contributed by atoms with Crippen molar-refractivity contribution >= 4 is 29.8 Å². The number of nitro groups is 1. The summed E-state index contributed by atoms with van der Waals surface area (Å²) in [5.41, 5.74) is -2.29. The van der Waals surface area contributed by atoms with Crippen LogP contribution in [0.15, 0.2) is 24.3 Å². The highest BCUT2D eigenvalue weighted by Crippen LogP contribution is 2.26. The molecule has 1 aromatic rings. The molecule has 0 spiro atoms. The van der Waals surface area contributed by atoms with Crippen LogP contribution in [-0.4, -0.2) is 103 Å². The first-order valence-electron chi connectivity index (χ1n) is 16.3. The van der Waals surface area contributed by atoms with Gasteiger partial charge in [-0.1, -0.05) is 0 Å². The zero-order chi connectivity index (χ0) is 37.7. The van der Waals surface area contributed by atoms with Crippen LogP contribution in [0.3, 0.4) is 0 Å². The van der Waals surface area contributed by atoms with Crippen LogP contribution >= 0.6 is 0 Å². The summed E-state index contributed by atoms with van der Waals surface area (Å²) < 4.78 is 50.8. The van der Waals surface area contributed by atoms with Crippen molar-refractivity contribution in [1.82, 2.24) is 0 Å². The summed E-state index contributed by atoms with van der Waals surface area (Å²) >= 11 is 0. The van der Waals surface area contributed by atoms with Gasteiger partial charge in [0, 0.05) is 12.1 Å². The molecule has 1 aliphatic rings. The summed E-state index contributed by atoms with van der Waals surface area (Å²) in [5, 5.41) is 10.9. The summed E-state index contributed by atoms with van der Waals surface area (Å²) in [6.07, 6.45) is -5.13. The molecule has 0 aliphatic carbocycles. The molecule has 0 saturated carbocycles. The fourth-order valence-corrected chi connectivity index (χ4v) is 4.46. The van der Waals surface area contributed by atoms with Gasteiger partial charge in [-0.05, 0) is 74.4 Å². The molecule has 50 heavy (non-hydrogen) atoms. The number of non-ortho nitro benzene ring substituents is 1. The van der Waals surface area contributed by atoms with Crippen molar-refractivity contribution in [2.24, 2.45) is 0 Å². The molecule has 2 rings (SSSR count). The molecule has 0 N–H and O–H groups in total. The second kappa shape index (κ2) is 18.9. The Labute approximate surface area is 292 Å². The van der Waals surface area contributed by atoms with Crippen LogP contribution in [0.1, 0.15) is 81.6 Å². The zero-order valence-corrected chi connectivity index (χ0v) is 30.3. The number of carbonyl (C=O) groups is 4. The van der Waals surface area contributed by atoms with Gasteiger partial charge in [-0.25, -0.2) is 4.79 Å². The molecule has 0 radical (unpaired) electrons. The number of carbonyl (C=O) groups excluding carboxylic acids is 4. The van der Waals surface area contributed by atoms with E-state index in [4.69, 9.17) is 42.6 Å². The smallest absolute Gasteiger partial charge is 0.460 e. The maximum atomic E-state index is 12.5. The van der Waals surface area contributed by atoms with Crippen LogP contribution in [0.2, 0.25) is 0 Å². The lowest BCUT2D eigenvalue weighted by Gasteiger charge is -2.41. The van der Waals surface area contributed by atoms with E-state index in [0.717, 1.165) is 0 Å². The molecule has 0 aromatic heterocycles. The van der Waals surface area contributed by atoms with Crippen molar-refractivity contribution in [3.8, 4) is 5.75 Å². The maximum Gasteiger partial charge on any atom is 0.513 e. The van der Waals surface area contributed by atoms with E-state index in [2.05, 4.69) is 0 Å². The first-order chi connectivity index (χ1) is 23.1. The highest BCUT2D eigenvalue weighted by Gasteiger charge is 2.44. The second-order valence-corrected chi connectivity index (χ2v) is 14.4. The molecule has 1 aliphatic heterocycles. The predicted molar refractivity (Wildman–Crippen MR) is 175 cm³/mol. The van der Waals surface area contributed by atoms with Crippen molar-refractivity contribution < 1.29 is 66.7 Å². The standard InChI is InChI=1S/C34H51NO15/c1-32(2,3)48-26(36)14-17-42-24-20-45-25(21-46-31(39)47-23-12-10-22(11-13-23)35(40)41)30(44-19-16-28(38)50-34(7,8)9)29(24)43-18-15-27(37)49-33(4,5)6/h10-13,24-25,29-30H,14-21H2,1-9H3/t24-,25+,29+,30+/m0/s1. The zero-order valence-electron chi connectivity index (χ0n) is 30.3. The minimum absolute atomic E-state index is 0.0112. The number of esters is 3. The van der Waals surface area contributed by atoms with Crippen molar-refractivity contribution in [3.05, 3.63) is 34.4 Å². The first-order valence-corrected chi connectivity index (χ1v) is 16.3. The van der Waals surface area contributed by atoms with Gasteiger partial charge in [0.1, 0.15) is 53.6 Å². The number of rotatable bonds is 16. The fourth-order valence-electron chi connectivity index (χ4n) is 4.46. The average molecular weight is 714 g/mol. The van der Waals surface area contributed by atoms with Crippen molar-refractivity contribution in [2.45, 2.75) is 123 Å². The third-order valence-corrected chi connectivity index (χ3v) is 6.28. The molecule has 16 heteroatoms. The quantitative estimate of drug-likeness (QED) is 0.0740. The highest BCUT2D eigenvalue weighted by atomic mass is 16.7. The van der Waals surface area contributed by atoms with Crippen LogP contribution in [0.5, 0.6) is 5.75 Å². The van der Waals surface area contributed by atoms with Gasteiger partial charge in [0.05, 0.1) is 50.6 Å². The maximum absolute atomic E-state index is 12.5. The van der Waals surface area contributed by atoms with E-state index in [0.29, 0.717) is 0 Å². The first kappa shape index (κ1) is 42.3. The summed E-state index contributed by atoms with van der Waals surface area (Å²) in [4.78, 5) is 60.0. The Hall–Kier alpha value is -3.86. The molecule has 1 fully saturated rings. The highest BCUT2D eigenvalue weighted by molar-refractivity contribution is 5.70. The van der Waals surface area contributed by atoms with E-state index in [1.54, 1.807) is 62.3 Å². The summed E-state index contributed by atoms with van der Waals surface area (Å²) in [6, 6.07) is 4.83. The normalized spacial score (nSPS) is 19.6. The molecule has 0 bridgehead atoms. The van der Waals surface area contributed by atoms with Crippen LogP contribution in [0.25, 0.3) is 0 Å². The number of nitrogens with zero attached hydrogens (tertiary/aromatic N) is 1. The molecule has 1 aromatic carbocycles. The van der Waals surface area contributed by atoms with E-state index < -0.39 is 70.2 Å². The Morgan fingerprint density at radius 3 is 1.60 bits per heavy atom. The third kappa shape index (κ3) is 17.2. The van der Waals surface area contributed by atoms with E-state index >= 15 is 0 Å². The number of nitro benzene ring substituents is 1. The van der Waals surface area contributed by atoms with Crippen LogP contribution in [0, 0.1) is 10.1 Å². The summed E-state index contributed by atoms with van der Waals surface area (Å²) in [6.45, 7) is 14.9. The van der Waals surface area contributed by atoms with Crippen molar-refractivity contribution in [3.63, 3.8) is 0 Å². The van der Waals surface area contributed by atoms with E-state index in [1.807, 2.05) is 0 Å². The lowest BCUT2D eigenvalue weighted by molar-refractivity contribution is -0.384. The van der Waals surface area contributed by atoms with E-state index in [9.17, 15) is 29.3 Å². The Morgan fingerprint density at radius 2 is 1.16 bits per heavy atom. The van der Waals surface area contributed by atoms with E-state index in [-0.39, 0.29) is 63.7 Å². The van der Waals surface area contributed by atoms with Gasteiger partial charge in [0.25, 0.3) is 5.69 Å². The fraction of sp³-hybridized carbons (Fsp3) is 0.706. The molecule has 16 nitrogen and oxygen atoms in total. The number of ether oxygens (including phenoxy) is 9. The molecule has 282 valence electrons. The average Bonchev–Trinajstić information content (AvgIpc) is 2.95. The van der Waals surface area contributed by atoms with Crippen LogP contribution < -0.4 is 4.74 Å². The molecule has 1 saturated heterocycles. The lowest BCUT2D eigenvalue weighted by atomic mass is 9.99. The topological polar surface area (TPSA) is 194 Å². The Morgan fingerprint density at radius 1 is 0.720 bits per heavy atom. The van der Waals surface area contributed by atoms with Gasteiger partial charge < -0.3 is 42.6 Å². The lowest BCUT2D eigenvalue weighted by Crippen LogP contribution is -2.58. The molecular weight excluding hydrogens is 662 g/mol. The third-order valence-electron chi connectivity index (χ3n) is 6.28. The molecule has 4 atom stereocenters. The number of hydrogen-bond donors (Lipinski definition) is 0. The molecule has 0 unspecified atom stereocenters. The van der Waals surface area contributed by atoms with Crippen LogP contribution in [-0.2, 0) is 52.3 Å². The Balaban J connectivity index is 2.22. The van der Waals surface area contributed by atoms with E-state index in [1.165, 1.54) is 24.3 Å². The minimum atomic E-state index is -1.12. The van der Waals surface area contributed by atoms with Crippen molar-refractivity contribution in [2.75, 3.05) is 33.0 Å². The Kier molecular flexibility index (Phi) is 16.0. The van der Waals surface area contributed by atoms with Crippen LogP contribution in [0.4, 0.5) is 10.5 Å². The predicted octanol–water partition coefficient (Wildman–Crippen LogP) is 4.86. The largest absolute Gasteiger partial charge is 0.513 e. The monoisotopic (exact) mass is 713 g/mol. The summed E-state index contributed by atoms with van der Waals surface area (Å²) in [7, 11) is 0. The van der Waals surface area contributed by atoms with Crippen molar-refractivity contribution in [1.29, 1.82) is 0 Å². The molecule has 1 heterocycles. The number of hydrogen-bond acceptors (Lipinski definition) is 15. The molecule has 0 amide bonds. The summed E-state index contributed by atoms with van der Waals surface area (Å²) in [5.74, 6) is -1.47. The van der Waals surface area contributed by atoms with Gasteiger partial charge in [-0.3, -0.25) is 24.5 Å². The second-order valence-electron chi connectivity index (χ2n) is 14.4. The minimum Gasteiger partial charge on any atom is -0.460 e. The van der Waals surface area contributed by atoms with Gasteiger partial charge in [0.15, 0.2) is 0 Å². The molecular formula is C34H51NO15. The van der Waals surface area contributed by atoms with Gasteiger partial charge in [0.2, 0.25) is 0 Å². The number of benzene rings is 1. The Bertz CT molecular complexity index is 1280.